The molecule has 0 saturated heterocycles. The molecule has 7 nitrogen and oxygen atoms in total. The number of nitrogens with one attached hydrogen (secondary N) is 2. The molecule has 0 aliphatic rings. The molecule has 3 rings (SSSR count). The molecule has 0 unspecified atom stereocenters. The van der Waals surface area contributed by atoms with Crippen LogP contribution in [0.3, 0.4) is 0 Å². The van der Waals surface area contributed by atoms with E-state index < -0.39 is 0 Å². The normalized spacial score (nSPS) is 10.9. The maximum atomic E-state index is 5.39. The lowest BCUT2D eigenvalue weighted by atomic mass is 10.1. The van der Waals surface area contributed by atoms with Crippen molar-refractivity contribution in [3.05, 3.63) is 72.4 Å². The molecule has 0 spiro atoms. The molecule has 0 fully saturated rings. The van der Waals surface area contributed by atoms with Gasteiger partial charge >= 0.3 is 0 Å². The average Bonchev–Trinajstić information content (AvgIpc) is 3.26. The highest BCUT2D eigenvalue weighted by Gasteiger charge is 2.04. The molecule has 28 heavy (non-hydrogen) atoms. The molecule has 8 heteroatoms. The van der Waals surface area contributed by atoms with Gasteiger partial charge < -0.3 is 15.4 Å². The number of pyridine rings is 1. The number of benzene rings is 1. The van der Waals surface area contributed by atoms with Gasteiger partial charge in [-0.1, -0.05) is 18.2 Å². The maximum Gasteiger partial charge on any atom is 0.191 e. The molecule has 2 N–H and O–H groups in total. The minimum atomic E-state index is 0. The zero-order valence-corrected chi connectivity index (χ0v) is 18.3. The molecule has 0 bridgehead atoms. The summed E-state index contributed by atoms with van der Waals surface area (Å²) in [6, 6.07) is 12.1. The van der Waals surface area contributed by atoms with Crippen molar-refractivity contribution < 1.29 is 4.74 Å². The monoisotopic (exact) mass is 492 g/mol. The molecule has 0 aliphatic heterocycles. The zero-order valence-electron chi connectivity index (χ0n) is 16.0. The summed E-state index contributed by atoms with van der Waals surface area (Å²) in [4.78, 5) is 12.7. The number of ether oxygens (including phenoxy) is 1. The Kier molecular flexibility index (Phi) is 8.73. The number of para-hydroxylation sites is 1. The van der Waals surface area contributed by atoms with Crippen molar-refractivity contribution in [2.24, 2.45) is 4.99 Å². The summed E-state index contributed by atoms with van der Waals surface area (Å²) in [6.07, 6.45) is 7.99. The van der Waals surface area contributed by atoms with Crippen LogP contribution in [-0.2, 0) is 13.0 Å². The summed E-state index contributed by atoms with van der Waals surface area (Å²) in [5.74, 6) is 2.50. The van der Waals surface area contributed by atoms with Crippen LogP contribution in [0.5, 0.6) is 5.75 Å². The number of hydrogen-bond acceptors (Lipinski definition) is 4. The van der Waals surface area contributed by atoms with Crippen molar-refractivity contribution in [1.82, 2.24) is 25.2 Å². The highest BCUT2D eigenvalue weighted by atomic mass is 127. The summed E-state index contributed by atoms with van der Waals surface area (Å²) >= 11 is 0. The van der Waals surface area contributed by atoms with Gasteiger partial charge in [0.15, 0.2) is 5.96 Å². The first kappa shape index (κ1) is 21.7. The molecule has 0 amide bonds. The summed E-state index contributed by atoms with van der Waals surface area (Å²) in [5, 5.41) is 6.66. The van der Waals surface area contributed by atoms with Gasteiger partial charge in [-0.25, -0.2) is 9.97 Å². The van der Waals surface area contributed by atoms with Gasteiger partial charge in [0.05, 0.1) is 7.11 Å². The van der Waals surface area contributed by atoms with Crippen molar-refractivity contribution in [3.63, 3.8) is 0 Å². The Morgan fingerprint density at radius 2 is 2.04 bits per heavy atom. The molecule has 2 heterocycles. The average molecular weight is 492 g/mol. The third-order valence-corrected chi connectivity index (χ3v) is 4.14. The van der Waals surface area contributed by atoms with E-state index in [9.17, 15) is 0 Å². The number of imidazole rings is 1. The second-order valence-electron chi connectivity index (χ2n) is 5.91. The van der Waals surface area contributed by atoms with E-state index in [0.717, 1.165) is 36.1 Å². The Morgan fingerprint density at radius 1 is 1.18 bits per heavy atom. The Balaban J connectivity index is 0.00000280. The van der Waals surface area contributed by atoms with E-state index in [1.165, 1.54) is 5.56 Å². The highest BCUT2D eigenvalue weighted by molar-refractivity contribution is 14.0. The van der Waals surface area contributed by atoms with Crippen molar-refractivity contribution >= 4 is 29.9 Å². The molecule has 148 valence electrons. The van der Waals surface area contributed by atoms with Gasteiger partial charge in [-0.2, -0.15) is 0 Å². The summed E-state index contributed by atoms with van der Waals surface area (Å²) in [6.45, 7) is 1.41. The van der Waals surface area contributed by atoms with Gasteiger partial charge in [-0.3, -0.25) is 9.56 Å². The van der Waals surface area contributed by atoms with E-state index in [0.29, 0.717) is 6.54 Å². The van der Waals surface area contributed by atoms with Crippen LogP contribution < -0.4 is 15.4 Å². The number of guanidine groups is 1. The third-order valence-electron chi connectivity index (χ3n) is 4.14. The van der Waals surface area contributed by atoms with Crippen LogP contribution in [0, 0.1) is 0 Å². The van der Waals surface area contributed by atoms with Crippen molar-refractivity contribution in [1.29, 1.82) is 0 Å². The zero-order chi connectivity index (χ0) is 18.9. The van der Waals surface area contributed by atoms with Crippen molar-refractivity contribution in [2.45, 2.75) is 13.0 Å². The Morgan fingerprint density at radius 3 is 2.79 bits per heavy atom. The Labute approximate surface area is 182 Å². The second kappa shape index (κ2) is 11.3. The van der Waals surface area contributed by atoms with Gasteiger partial charge in [0.1, 0.15) is 17.9 Å². The van der Waals surface area contributed by atoms with E-state index in [1.54, 1.807) is 32.9 Å². The fraction of sp³-hybridized carbons (Fsp3) is 0.250. The number of halogens is 1. The molecule has 0 aliphatic carbocycles. The molecule has 2 aromatic heterocycles. The van der Waals surface area contributed by atoms with Crippen LogP contribution in [-0.4, -0.2) is 41.2 Å². The lowest BCUT2D eigenvalue weighted by molar-refractivity contribution is 0.409. The fourth-order valence-electron chi connectivity index (χ4n) is 2.74. The van der Waals surface area contributed by atoms with E-state index in [-0.39, 0.29) is 24.0 Å². The summed E-state index contributed by atoms with van der Waals surface area (Å²) in [7, 11) is 3.46. The summed E-state index contributed by atoms with van der Waals surface area (Å²) in [5.41, 5.74) is 2.28. The van der Waals surface area contributed by atoms with Gasteiger partial charge in [-0.15, -0.1) is 24.0 Å². The molecule has 0 atom stereocenters. The first-order valence-electron chi connectivity index (χ1n) is 8.80. The first-order valence-corrected chi connectivity index (χ1v) is 8.80. The number of aliphatic imine (C=N–C) groups is 1. The number of hydrogen-bond donors (Lipinski definition) is 2. The van der Waals surface area contributed by atoms with Gasteiger partial charge in [0.2, 0.25) is 0 Å². The van der Waals surface area contributed by atoms with Crippen LogP contribution in [0.15, 0.2) is 66.3 Å². The van der Waals surface area contributed by atoms with Crippen LogP contribution in [0.25, 0.3) is 5.82 Å². The number of nitrogens with zero attached hydrogens (tertiary/aromatic N) is 4. The minimum Gasteiger partial charge on any atom is -0.496 e. The predicted octanol–water partition coefficient (Wildman–Crippen LogP) is 2.80. The Hall–Kier alpha value is -2.62. The van der Waals surface area contributed by atoms with Crippen LogP contribution in [0.4, 0.5) is 0 Å². The smallest absolute Gasteiger partial charge is 0.191 e. The largest absolute Gasteiger partial charge is 0.496 e. The van der Waals surface area contributed by atoms with Gasteiger partial charge in [0, 0.05) is 38.7 Å². The second-order valence-corrected chi connectivity index (χ2v) is 5.91. The van der Waals surface area contributed by atoms with Crippen molar-refractivity contribution in [3.8, 4) is 11.6 Å². The lowest BCUT2D eigenvalue weighted by Crippen LogP contribution is -2.37. The lowest BCUT2D eigenvalue weighted by Gasteiger charge is -2.13. The van der Waals surface area contributed by atoms with E-state index in [1.807, 2.05) is 41.1 Å². The Bertz CT molecular complexity index is 882. The maximum absolute atomic E-state index is 5.39. The molecule has 1 aromatic carbocycles. The molecule has 0 saturated carbocycles. The number of rotatable bonds is 7. The third kappa shape index (κ3) is 5.95. The summed E-state index contributed by atoms with van der Waals surface area (Å²) < 4.78 is 7.27. The first-order chi connectivity index (χ1) is 13.3. The quantitative estimate of drug-likeness (QED) is 0.302. The van der Waals surface area contributed by atoms with E-state index in [4.69, 9.17) is 4.74 Å². The molecular weight excluding hydrogens is 467 g/mol. The van der Waals surface area contributed by atoms with Crippen LogP contribution in [0.1, 0.15) is 11.1 Å². The SMILES string of the molecule is CN=C(NCCc1ccccc1OC)NCc1ccnc(-n2ccnc2)c1.I. The molecule has 0 radical (unpaired) electrons. The van der Waals surface area contributed by atoms with Crippen LogP contribution >= 0.6 is 24.0 Å². The van der Waals surface area contributed by atoms with Crippen LogP contribution in [0.2, 0.25) is 0 Å². The predicted molar refractivity (Wildman–Crippen MR) is 122 cm³/mol. The number of aromatic nitrogens is 3. The van der Waals surface area contributed by atoms with Crippen molar-refractivity contribution in [2.75, 3.05) is 20.7 Å². The highest BCUT2D eigenvalue weighted by Crippen LogP contribution is 2.17. The van der Waals surface area contributed by atoms with Gasteiger partial charge in [-0.05, 0) is 35.7 Å². The van der Waals surface area contributed by atoms with E-state index in [2.05, 4.69) is 31.7 Å². The number of methoxy groups -OCH3 is 1. The fourth-order valence-corrected chi connectivity index (χ4v) is 2.74. The minimum absolute atomic E-state index is 0. The topological polar surface area (TPSA) is 76.4 Å². The van der Waals surface area contributed by atoms with E-state index >= 15 is 0 Å². The molecular formula is C20H25IN6O. The molecule has 3 aromatic rings. The van der Waals surface area contributed by atoms with Gasteiger partial charge in [0.25, 0.3) is 0 Å². The standard InChI is InChI=1S/C20H24N6O.HI/c1-21-20(24-10-8-17-5-3-4-6-18(17)27-2)25-14-16-7-9-23-19(13-16)26-12-11-22-15-26;/h3-7,9,11-13,15H,8,10,14H2,1-2H3,(H2,21,24,25);1H.